The number of pyridine rings is 1. The van der Waals surface area contributed by atoms with Crippen LogP contribution in [0.15, 0.2) is 52.1 Å². The van der Waals surface area contributed by atoms with E-state index in [1.807, 2.05) is 24.5 Å². The third-order valence-electron chi connectivity index (χ3n) is 3.33. The molecular weight excluding hydrogens is 342 g/mol. The topological polar surface area (TPSA) is 87.3 Å². The molecule has 0 aliphatic carbocycles. The van der Waals surface area contributed by atoms with Crippen molar-refractivity contribution in [3.63, 3.8) is 0 Å². The highest BCUT2D eigenvalue weighted by Gasteiger charge is 2.17. The maximum Gasteiger partial charge on any atom is 0.341 e. The van der Waals surface area contributed by atoms with Crippen LogP contribution in [0.2, 0.25) is 0 Å². The summed E-state index contributed by atoms with van der Waals surface area (Å²) in [6, 6.07) is 10.7. The second-order valence-electron chi connectivity index (χ2n) is 4.85. The molecule has 2 heterocycles. The summed E-state index contributed by atoms with van der Waals surface area (Å²) in [7, 11) is 1.57. The summed E-state index contributed by atoms with van der Waals surface area (Å²) in [5.74, 6) is 0.708. The van der Waals surface area contributed by atoms with E-state index >= 15 is 0 Å². The zero-order valence-electron chi connectivity index (χ0n) is 13.6. The number of para-hydroxylation sites is 1. The molecule has 2 aromatic heterocycles. The molecule has 0 saturated heterocycles. The Morgan fingerprint density at radius 1 is 1.24 bits per heavy atom. The fourth-order valence-corrected chi connectivity index (χ4v) is 2.70. The number of carbonyl (C=O) groups excluding carboxylic acids is 1. The van der Waals surface area contributed by atoms with E-state index in [2.05, 4.69) is 15.1 Å². The Morgan fingerprint density at radius 3 is 2.88 bits per heavy atom. The first kappa shape index (κ1) is 17.0. The molecule has 7 nitrogen and oxygen atoms in total. The van der Waals surface area contributed by atoms with E-state index in [-0.39, 0.29) is 12.5 Å². The second-order valence-corrected chi connectivity index (χ2v) is 5.64. The van der Waals surface area contributed by atoms with Crippen molar-refractivity contribution in [1.29, 1.82) is 0 Å². The van der Waals surface area contributed by atoms with Gasteiger partial charge in [-0.05, 0) is 30.5 Å². The first-order chi connectivity index (χ1) is 12.2. The van der Waals surface area contributed by atoms with Crippen LogP contribution in [0.25, 0.3) is 11.4 Å². The molecule has 0 fully saturated rings. The number of benzene rings is 1. The summed E-state index contributed by atoms with van der Waals surface area (Å²) in [5, 5.41) is 4.51. The minimum Gasteiger partial charge on any atom is -0.496 e. The number of rotatable bonds is 6. The summed E-state index contributed by atoms with van der Waals surface area (Å²) < 4.78 is 15.7. The highest BCUT2D eigenvalue weighted by Crippen LogP contribution is 2.27. The number of ether oxygens (including phenoxy) is 2. The Balaban J connectivity index is 1.71. The summed E-state index contributed by atoms with van der Waals surface area (Å²) >= 11 is 1.37. The van der Waals surface area contributed by atoms with Crippen molar-refractivity contribution in [1.82, 2.24) is 15.1 Å². The van der Waals surface area contributed by atoms with Gasteiger partial charge in [-0.2, -0.15) is 4.98 Å². The van der Waals surface area contributed by atoms with Crippen LogP contribution in [0, 0.1) is 0 Å². The van der Waals surface area contributed by atoms with Crippen LogP contribution < -0.4 is 4.74 Å². The number of aromatic nitrogens is 3. The lowest BCUT2D eigenvalue weighted by Gasteiger charge is -2.05. The summed E-state index contributed by atoms with van der Waals surface area (Å²) in [5.41, 5.74) is 1.10. The van der Waals surface area contributed by atoms with Crippen LogP contribution in [-0.4, -0.2) is 34.5 Å². The normalized spacial score (nSPS) is 10.5. The van der Waals surface area contributed by atoms with E-state index < -0.39 is 5.97 Å². The lowest BCUT2D eigenvalue weighted by molar-refractivity contribution is 0.0425. The number of thioether (sulfide) groups is 1. The lowest BCUT2D eigenvalue weighted by atomic mass is 10.2. The molecule has 0 unspecified atom stereocenters. The van der Waals surface area contributed by atoms with Gasteiger partial charge in [0, 0.05) is 6.20 Å². The molecular formula is C17H15N3O4S. The van der Waals surface area contributed by atoms with Crippen molar-refractivity contribution in [3.8, 4) is 17.1 Å². The van der Waals surface area contributed by atoms with Crippen molar-refractivity contribution in [2.45, 2.75) is 11.6 Å². The SMILES string of the molecule is COc1ccccc1-c1noc(COC(=O)c2cccnc2SC)n1. The van der Waals surface area contributed by atoms with Crippen LogP contribution >= 0.6 is 11.8 Å². The van der Waals surface area contributed by atoms with Crippen LogP contribution in [0.4, 0.5) is 0 Å². The van der Waals surface area contributed by atoms with Gasteiger partial charge in [-0.25, -0.2) is 9.78 Å². The average molecular weight is 357 g/mol. The number of carbonyl (C=O) groups is 1. The van der Waals surface area contributed by atoms with Gasteiger partial charge in [0.15, 0.2) is 6.61 Å². The van der Waals surface area contributed by atoms with E-state index in [4.69, 9.17) is 14.0 Å². The fourth-order valence-electron chi connectivity index (χ4n) is 2.17. The third-order valence-corrected chi connectivity index (χ3v) is 4.04. The van der Waals surface area contributed by atoms with Crippen LogP contribution in [0.1, 0.15) is 16.2 Å². The first-order valence-corrected chi connectivity index (χ1v) is 8.57. The molecule has 3 rings (SSSR count). The lowest BCUT2D eigenvalue weighted by Crippen LogP contribution is -2.07. The number of methoxy groups -OCH3 is 1. The molecule has 0 bridgehead atoms. The highest BCUT2D eigenvalue weighted by molar-refractivity contribution is 7.98. The molecule has 25 heavy (non-hydrogen) atoms. The van der Waals surface area contributed by atoms with E-state index in [1.54, 1.807) is 31.5 Å². The molecule has 0 aliphatic heterocycles. The molecule has 8 heteroatoms. The van der Waals surface area contributed by atoms with Gasteiger partial charge in [0.25, 0.3) is 5.89 Å². The zero-order chi connectivity index (χ0) is 17.6. The molecule has 128 valence electrons. The van der Waals surface area contributed by atoms with Crippen molar-refractivity contribution in [2.75, 3.05) is 13.4 Å². The quantitative estimate of drug-likeness (QED) is 0.491. The van der Waals surface area contributed by atoms with Crippen molar-refractivity contribution in [2.24, 2.45) is 0 Å². The molecule has 0 amide bonds. The Labute approximate surface area is 148 Å². The van der Waals surface area contributed by atoms with E-state index in [0.29, 0.717) is 27.7 Å². The molecule has 0 N–H and O–H groups in total. The van der Waals surface area contributed by atoms with Crippen molar-refractivity contribution >= 4 is 17.7 Å². The Bertz CT molecular complexity index is 882. The van der Waals surface area contributed by atoms with E-state index in [0.717, 1.165) is 0 Å². The molecule has 0 saturated carbocycles. The van der Waals surface area contributed by atoms with E-state index in [1.165, 1.54) is 11.8 Å². The van der Waals surface area contributed by atoms with Crippen molar-refractivity contribution < 1.29 is 18.8 Å². The van der Waals surface area contributed by atoms with Gasteiger partial charge in [-0.15, -0.1) is 11.8 Å². The van der Waals surface area contributed by atoms with Gasteiger partial charge >= 0.3 is 5.97 Å². The van der Waals surface area contributed by atoms with Crippen LogP contribution in [-0.2, 0) is 11.3 Å². The Kier molecular flexibility index (Phi) is 5.30. The minimum atomic E-state index is -0.491. The highest BCUT2D eigenvalue weighted by atomic mass is 32.2. The summed E-state index contributed by atoms with van der Waals surface area (Å²) in [4.78, 5) is 20.6. The van der Waals surface area contributed by atoms with Crippen LogP contribution in [0.5, 0.6) is 5.75 Å². The summed E-state index contributed by atoms with van der Waals surface area (Å²) in [6.07, 6.45) is 3.47. The predicted octanol–water partition coefficient (Wildman–Crippen LogP) is 3.22. The maximum absolute atomic E-state index is 12.2. The summed E-state index contributed by atoms with van der Waals surface area (Å²) in [6.45, 7) is -0.121. The van der Waals surface area contributed by atoms with Gasteiger partial charge in [0.1, 0.15) is 10.8 Å². The number of hydrogen-bond donors (Lipinski definition) is 0. The van der Waals surface area contributed by atoms with E-state index in [9.17, 15) is 4.79 Å². The largest absolute Gasteiger partial charge is 0.496 e. The molecule has 3 aromatic rings. The molecule has 0 spiro atoms. The van der Waals surface area contributed by atoms with Gasteiger partial charge in [0.05, 0.1) is 18.2 Å². The molecule has 0 atom stereocenters. The maximum atomic E-state index is 12.2. The molecule has 0 radical (unpaired) electrons. The standard InChI is InChI=1S/C17H15N3O4S/c1-22-13-8-4-3-6-11(13)15-19-14(24-20-15)10-23-17(21)12-7-5-9-18-16(12)25-2/h3-9H,10H2,1-2H3. The van der Waals surface area contributed by atoms with Gasteiger partial charge in [-0.3, -0.25) is 0 Å². The van der Waals surface area contributed by atoms with Crippen molar-refractivity contribution in [3.05, 3.63) is 54.0 Å². The van der Waals surface area contributed by atoms with Gasteiger partial charge < -0.3 is 14.0 Å². The first-order valence-electron chi connectivity index (χ1n) is 7.35. The number of hydrogen-bond acceptors (Lipinski definition) is 8. The average Bonchev–Trinajstić information content (AvgIpc) is 3.14. The number of nitrogens with zero attached hydrogens (tertiary/aromatic N) is 3. The monoisotopic (exact) mass is 357 g/mol. The minimum absolute atomic E-state index is 0.121. The molecule has 0 aliphatic rings. The number of esters is 1. The second kappa shape index (κ2) is 7.80. The smallest absolute Gasteiger partial charge is 0.341 e. The fraction of sp³-hybridized carbons (Fsp3) is 0.176. The van der Waals surface area contributed by atoms with Gasteiger partial charge in [0.2, 0.25) is 5.82 Å². The predicted molar refractivity (Wildman–Crippen MR) is 91.4 cm³/mol. The zero-order valence-corrected chi connectivity index (χ0v) is 14.4. The third kappa shape index (κ3) is 3.80. The molecule has 1 aromatic carbocycles. The van der Waals surface area contributed by atoms with Crippen LogP contribution in [0.3, 0.4) is 0 Å². The van der Waals surface area contributed by atoms with Gasteiger partial charge in [-0.1, -0.05) is 17.3 Å². The Morgan fingerprint density at radius 2 is 2.08 bits per heavy atom. The Hall–Kier alpha value is -2.87.